The lowest BCUT2D eigenvalue weighted by atomic mass is 9.63. The number of nitrogens with zero attached hydrogens (tertiary/aromatic N) is 1. The first-order valence-corrected chi connectivity index (χ1v) is 11.2. The maximum Gasteiger partial charge on any atom is 0.115 e. The average molecular weight is 381 g/mol. The van der Waals surface area contributed by atoms with Crippen LogP contribution in [0.1, 0.15) is 69.2 Å². The third kappa shape index (κ3) is 4.17. The van der Waals surface area contributed by atoms with Crippen molar-refractivity contribution in [2.24, 2.45) is 5.92 Å². The quantitative estimate of drug-likeness (QED) is 0.436. The van der Waals surface area contributed by atoms with Gasteiger partial charge in [-0.15, -0.1) is 0 Å². The molecular weight excluding hydrogens is 349 g/mol. The van der Waals surface area contributed by atoms with Crippen LogP contribution in [-0.4, -0.2) is 12.8 Å². The second-order valence-corrected chi connectivity index (χ2v) is 8.97. The maximum absolute atomic E-state index is 4.86. The van der Waals surface area contributed by atoms with Gasteiger partial charge >= 0.3 is 0 Å². The van der Waals surface area contributed by atoms with Gasteiger partial charge in [0.05, 0.1) is 5.69 Å². The Labute approximate surface area is 177 Å². The van der Waals surface area contributed by atoms with E-state index in [9.17, 15) is 0 Å². The maximum atomic E-state index is 4.86. The molecule has 0 saturated heterocycles. The Kier molecular flexibility index (Phi) is 5.90. The Bertz CT molecular complexity index is 946. The van der Waals surface area contributed by atoms with Crippen molar-refractivity contribution in [2.45, 2.75) is 57.7 Å². The summed E-state index contributed by atoms with van der Waals surface area (Å²) in [5.74, 6) is 0.418. The molecule has 0 bridgehead atoms. The number of hydrogen-bond acceptors (Lipinski definition) is 1. The Morgan fingerprint density at radius 2 is 1.93 bits per heavy atom. The number of rotatable bonds is 5. The second kappa shape index (κ2) is 8.57. The summed E-state index contributed by atoms with van der Waals surface area (Å²) in [4.78, 5) is 4.86. The first-order chi connectivity index (χ1) is 14.1. The Hall–Kier alpha value is -2.35. The number of pyridine rings is 1. The molecule has 1 atom stereocenters. The van der Waals surface area contributed by atoms with Crippen molar-refractivity contribution in [3.8, 4) is 0 Å². The molecular formula is C27H32BN. The smallest absolute Gasteiger partial charge is 0.115 e. The van der Waals surface area contributed by atoms with Gasteiger partial charge in [0, 0.05) is 12.1 Å². The van der Waals surface area contributed by atoms with Gasteiger partial charge in [-0.2, -0.15) is 0 Å². The molecule has 2 heteroatoms. The molecule has 1 aromatic carbocycles. The largest absolute Gasteiger partial charge is 0.257 e. The van der Waals surface area contributed by atoms with E-state index in [-0.39, 0.29) is 0 Å². The number of hydrogen-bond donors (Lipinski definition) is 0. The fourth-order valence-electron chi connectivity index (χ4n) is 5.09. The Morgan fingerprint density at radius 3 is 2.66 bits per heavy atom. The first kappa shape index (κ1) is 19.9. The first-order valence-electron chi connectivity index (χ1n) is 11.2. The summed E-state index contributed by atoms with van der Waals surface area (Å²) in [6.45, 7) is 4.51. The fourth-order valence-corrected chi connectivity index (χ4v) is 5.09. The molecule has 1 nitrogen and oxygen atoms in total. The highest BCUT2D eigenvalue weighted by molar-refractivity contribution is 6.16. The van der Waals surface area contributed by atoms with E-state index < -0.39 is 0 Å². The molecule has 4 rings (SSSR count). The van der Waals surface area contributed by atoms with Crippen LogP contribution in [0.15, 0.2) is 72.5 Å². The van der Waals surface area contributed by atoms with Crippen LogP contribution in [0.2, 0.25) is 0 Å². The summed E-state index contributed by atoms with van der Waals surface area (Å²) in [7, 11) is 2.43. The molecule has 1 aromatic heterocycles. The van der Waals surface area contributed by atoms with Crippen molar-refractivity contribution in [3.05, 3.63) is 89.3 Å². The van der Waals surface area contributed by atoms with Crippen molar-refractivity contribution >= 4 is 19.0 Å². The van der Waals surface area contributed by atoms with Gasteiger partial charge in [0.1, 0.15) is 7.85 Å². The molecule has 148 valence electrons. The van der Waals surface area contributed by atoms with Gasteiger partial charge in [-0.3, -0.25) is 4.98 Å². The third-order valence-corrected chi connectivity index (χ3v) is 6.90. The SMILES string of the molecule is BC1(c2ccnc(C3=CC(c4ccccc4)=CCC3C(C)=CCC)c2)CCCC1. The average Bonchev–Trinajstić information content (AvgIpc) is 3.22. The molecule has 0 amide bonds. The topological polar surface area (TPSA) is 12.9 Å². The van der Waals surface area contributed by atoms with E-state index in [4.69, 9.17) is 4.98 Å². The van der Waals surface area contributed by atoms with Crippen LogP contribution in [-0.2, 0) is 5.31 Å². The minimum Gasteiger partial charge on any atom is -0.257 e. The molecule has 1 unspecified atom stereocenters. The molecule has 2 aliphatic carbocycles. The van der Waals surface area contributed by atoms with E-state index in [1.165, 1.54) is 53.5 Å². The van der Waals surface area contributed by atoms with Crippen LogP contribution in [0.4, 0.5) is 0 Å². The summed E-state index contributed by atoms with van der Waals surface area (Å²) in [6, 6.07) is 15.4. The van der Waals surface area contributed by atoms with Gasteiger partial charge in [0.2, 0.25) is 0 Å². The van der Waals surface area contributed by atoms with Crippen LogP contribution < -0.4 is 0 Å². The lowest BCUT2D eigenvalue weighted by Gasteiger charge is -2.28. The molecule has 29 heavy (non-hydrogen) atoms. The summed E-state index contributed by atoms with van der Waals surface area (Å²) >= 11 is 0. The van der Waals surface area contributed by atoms with E-state index in [0.717, 1.165) is 18.5 Å². The van der Waals surface area contributed by atoms with E-state index in [2.05, 4.69) is 82.4 Å². The van der Waals surface area contributed by atoms with E-state index >= 15 is 0 Å². The van der Waals surface area contributed by atoms with Gasteiger partial charge in [-0.05, 0) is 65.6 Å². The van der Waals surface area contributed by atoms with Crippen molar-refractivity contribution in [1.82, 2.24) is 4.98 Å². The Morgan fingerprint density at radius 1 is 1.17 bits per heavy atom. The van der Waals surface area contributed by atoms with Crippen molar-refractivity contribution in [3.63, 3.8) is 0 Å². The fraction of sp³-hybridized carbons (Fsp3) is 0.370. The van der Waals surface area contributed by atoms with Crippen molar-refractivity contribution in [1.29, 1.82) is 0 Å². The Balaban J connectivity index is 1.77. The highest BCUT2D eigenvalue weighted by atomic mass is 14.7. The van der Waals surface area contributed by atoms with Crippen LogP contribution in [0.25, 0.3) is 11.1 Å². The summed E-state index contributed by atoms with van der Waals surface area (Å²) in [6.07, 6.45) is 16.6. The van der Waals surface area contributed by atoms with E-state index in [1.807, 2.05) is 6.20 Å². The predicted molar refractivity (Wildman–Crippen MR) is 127 cm³/mol. The van der Waals surface area contributed by atoms with Gasteiger partial charge in [0.15, 0.2) is 0 Å². The zero-order valence-electron chi connectivity index (χ0n) is 18.1. The molecule has 0 spiro atoms. The summed E-state index contributed by atoms with van der Waals surface area (Å²) in [5.41, 5.74) is 8.07. The molecule has 1 heterocycles. The second-order valence-electron chi connectivity index (χ2n) is 8.97. The number of aromatic nitrogens is 1. The zero-order chi connectivity index (χ0) is 20.3. The monoisotopic (exact) mass is 381 g/mol. The number of benzene rings is 1. The van der Waals surface area contributed by atoms with Crippen molar-refractivity contribution in [2.75, 3.05) is 0 Å². The highest BCUT2D eigenvalue weighted by Crippen LogP contribution is 2.42. The van der Waals surface area contributed by atoms with Crippen LogP contribution in [0, 0.1) is 5.92 Å². The van der Waals surface area contributed by atoms with Crippen LogP contribution in [0.3, 0.4) is 0 Å². The molecule has 0 radical (unpaired) electrons. The molecule has 0 N–H and O–H groups in total. The normalized spacial score (nSPS) is 21.6. The van der Waals surface area contributed by atoms with Gasteiger partial charge < -0.3 is 0 Å². The lowest BCUT2D eigenvalue weighted by molar-refractivity contribution is 0.634. The van der Waals surface area contributed by atoms with E-state index in [0.29, 0.717) is 11.2 Å². The zero-order valence-corrected chi connectivity index (χ0v) is 18.1. The molecule has 0 aliphatic heterocycles. The third-order valence-electron chi connectivity index (χ3n) is 6.90. The molecule has 1 fully saturated rings. The lowest BCUT2D eigenvalue weighted by Crippen LogP contribution is -2.22. The van der Waals surface area contributed by atoms with Crippen LogP contribution in [0.5, 0.6) is 0 Å². The molecule has 2 aromatic rings. The molecule has 2 aliphatic rings. The number of allylic oxidation sites excluding steroid dienone is 6. The van der Waals surface area contributed by atoms with Gasteiger partial charge in [-0.1, -0.05) is 80.7 Å². The highest BCUT2D eigenvalue weighted by Gasteiger charge is 2.31. The standard InChI is InChI=1S/C27H32BN/c1-3-9-20(2)24-13-12-22(21-10-5-4-6-11-21)18-25(24)26-19-23(14-17-29-26)27(28)15-7-8-16-27/h4-6,9-12,14,17-19,24H,3,7-8,13,15-16,28H2,1-2H3. The van der Waals surface area contributed by atoms with Crippen LogP contribution >= 0.6 is 0 Å². The van der Waals surface area contributed by atoms with Gasteiger partial charge in [-0.25, -0.2) is 0 Å². The predicted octanol–water partition coefficient (Wildman–Crippen LogP) is 6.33. The van der Waals surface area contributed by atoms with Crippen molar-refractivity contribution < 1.29 is 0 Å². The summed E-state index contributed by atoms with van der Waals surface area (Å²) < 4.78 is 0. The minimum absolute atomic E-state index is 0.314. The minimum atomic E-state index is 0.314. The summed E-state index contributed by atoms with van der Waals surface area (Å²) in [5, 5.41) is 0.314. The van der Waals surface area contributed by atoms with Gasteiger partial charge in [0.25, 0.3) is 0 Å². The molecule has 1 saturated carbocycles. The van der Waals surface area contributed by atoms with E-state index in [1.54, 1.807) is 0 Å².